The molecule has 0 unspecified atom stereocenters. The van der Waals surface area contributed by atoms with Crippen LogP contribution >= 0.6 is 11.3 Å². The van der Waals surface area contributed by atoms with E-state index < -0.39 is 0 Å². The quantitative estimate of drug-likeness (QED) is 0.762. The van der Waals surface area contributed by atoms with Crippen molar-refractivity contribution < 1.29 is 4.74 Å². The lowest BCUT2D eigenvalue weighted by atomic mass is 9.98. The molecule has 0 saturated carbocycles. The molecule has 0 bridgehead atoms. The lowest BCUT2D eigenvalue weighted by Gasteiger charge is -2.40. The third-order valence-corrected chi connectivity index (χ3v) is 7.33. The lowest BCUT2D eigenvalue weighted by molar-refractivity contribution is 0.100. The summed E-state index contributed by atoms with van der Waals surface area (Å²) in [5.41, 5.74) is 3.51. The molecule has 0 aliphatic carbocycles. The van der Waals surface area contributed by atoms with E-state index >= 15 is 0 Å². The Balaban J connectivity index is 1.74. The van der Waals surface area contributed by atoms with Gasteiger partial charge >= 0.3 is 0 Å². The topological polar surface area (TPSA) is 41.0 Å². The highest BCUT2D eigenvalue weighted by atomic mass is 32.1. The van der Waals surface area contributed by atoms with Crippen molar-refractivity contribution in [1.82, 2.24) is 14.8 Å². The molecule has 2 aliphatic rings. The molecule has 1 aromatic carbocycles. The molecule has 3 heterocycles. The van der Waals surface area contributed by atoms with Crippen LogP contribution in [0.3, 0.4) is 0 Å². The standard InChI is InChI=1S/C23H32N4OS/c1-23(2,3)22-25-20-19(29-22)14-16-8-6-7-9-18(16)24-21(20)27-12-11-26(4)17(15-27)10-13-28-5/h6-9,17H,10-15H2,1-5H3/t17-/m0/s1. The molecular weight excluding hydrogens is 380 g/mol. The second-order valence-electron chi connectivity index (χ2n) is 9.14. The summed E-state index contributed by atoms with van der Waals surface area (Å²) in [4.78, 5) is 16.6. The number of para-hydroxylation sites is 1. The average Bonchev–Trinajstić information content (AvgIpc) is 3.04. The summed E-state index contributed by atoms with van der Waals surface area (Å²) in [7, 11) is 4.00. The maximum atomic E-state index is 5.35. The maximum absolute atomic E-state index is 5.35. The number of benzene rings is 1. The van der Waals surface area contributed by atoms with E-state index in [4.69, 9.17) is 14.7 Å². The van der Waals surface area contributed by atoms with E-state index in [1.165, 1.54) is 15.4 Å². The molecule has 1 fully saturated rings. The Labute approximate surface area is 178 Å². The van der Waals surface area contributed by atoms with Crippen LogP contribution in [0.15, 0.2) is 29.3 Å². The molecule has 4 rings (SSSR count). The molecule has 0 radical (unpaired) electrons. The highest BCUT2D eigenvalue weighted by Crippen LogP contribution is 2.36. The lowest BCUT2D eigenvalue weighted by Crippen LogP contribution is -2.53. The van der Waals surface area contributed by atoms with Crippen LogP contribution in [0.2, 0.25) is 0 Å². The highest BCUT2D eigenvalue weighted by molar-refractivity contribution is 7.12. The van der Waals surface area contributed by atoms with Crippen LogP contribution in [0.4, 0.5) is 5.69 Å². The molecule has 0 amide bonds. The van der Waals surface area contributed by atoms with Gasteiger partial charge in [0.05, 0.1) is 10.7 Å². The van der Waals surface area contributed by atoms with E-state index in [9.17, 15) is 0 Å². The minimum atomic E-state index is 0.0462. The van der Waals surface area contributed by atoms with Crippen molar-refractivity contribution in [1.29, 1.82) is 0 Å². The molecule has 156 valence electrons. The number of amidine groups is 1. The van der Waals surface area contributed by atoms with Crippen LogP contribution in [-0.4, -0.2) is 67.1 Å². The third kappa shape index (κ3) is 4.25. The van der Waals surface area contributed by atoms with Crippen LogP contribution in [-0.2, 0) is 16.6 Å². The first-order valence-electron chi connectivity index (χ1n) is 10.5. The van der Waals surface area contributed by atoms with Gasteiger partial charge in [0.2, 0.25) is 0 Å². The first kappa shape index (κ1) is 20.5. The molecule has 0 spiro atoms. The zero-order valence-corrected chi connectivity index (χ0v) is 19.1. The van der Waals surface area contributed by atoms with E-state index in [0.717, 1.165) is 56.3 Å². The van der Waals surface area contributed by atoms with Gasteiger partial charge in [0, 0.05) is 56.1 Å². The van der Waals surface area contributed by atoms with Crippen molar-refractivity contribution in [3.63, 3.8) is 0 Å². The number of hydrogen-bond acceptors (Lipinski definition) is 6. The summed E-state index contributed by atoms with van der Waals surface area (Å²) in [6.45, 7) is 10.5. The number of aliphatic imine (C=N–C) groups is 1. The minimum absolute atomic E-state index is 0.0462. The number of hydrogen-bond donors (Lipinski definition) is 0. The van der Waals surface area contributed by atoms with Gasteiger partial charge < -0.3 is 9.64 Å². The van der Waals surface area contributed by atoms with Crippen molar-refractivity contribution in [2.75, 3.05) is 40.4 Å². The van der Waals surface area contributed by atoms with Gasteiger partial charge in [0.25, 0.3) is 0 Å². The predicted octanol–water partition coefficient (Wildman–Crippen LogP) is 4.08. The van der Waals surface area contributed by atoms with Gasteiger partial charge in [0.15, 0.2) is 5.84 Å². The van der Waals surface area contributed by atoms with Gasteiger partial charge in [-0.1, -0.05) is 39.0 Å². The zero-order valence-electron chi connectivity index (χ0n) is 18.2. The smallest absolute Gasteiger partial charge is 0.156 e. The van der Waals surface area contributed by atoms with Gasteiger partial charge in [-0.3, -0.25) is 4.90 Å². The highest BCUT2D eigenvalue weighted by Gasteiger charge is 2.32. The van der Waals surface area contributed by atoms with Gasteiger partial charge in [-0.2, -0.15) is 0 Å². The van der Waals surface area contributed by atoms with E-state index in [1.807, 2.05) is 11.3 Å². The number of likely N-dealkylation sites (N-methyl/N-ethyl adjacent to an activating group) is 1. The predicted molar refractivity (Wildman–Crippen MR) is 121 cm³/mol. The fraction of sp³-hybridized carbons (Fsp3) is 0.565. The van der Waals surface area contributed by atoms with Crippen molar-refractivity contribution in [3.05, 3.63) is 45.4 Å². The van der Waals surface area contributed by atoms with Crippen LogP contribution in [0, 0.1) is 0 Å². The van der Waals surface area contributed by atoms with E-state index in [-0.39, 0.29) is 5.41 Å². The van der Waals surface area contributed by atoms with Gasteiger partial charge in [-0.15, -0.1) is 11.3 Å². The summed E-state index contributed by atoms with van der Waals surface area (Å²) >= 11 is 1.85. The normalized spacial score (nSPS) is 20.1. The molecule has 1 saturated heterocycles. The number of rotatable bonds is 3. The molecule has 6 heteroatoms. The maximum Gasteiger partial charge on any atom is 0.156 e. The Morgan fingerprint density at radius 2 is 2.00 bits per heavy atom. The first-order chi connectivity index (χ1) is 13.9. The third-order valence-electron chi connectivity index (χ3n) is 5.85. The van der Waals surface area contributed by atoms with Crippen molar-refractivity contribution in [3.8, 4) is 0 Å². The Morgan fingerprint density at radius 3 is 2.76 bits per heavy atom. The Morgan fingerprint density at radius 1 is 1.21 bits per heavy atom. The van der Waals surface area contributed by atoms with E-state index in [0.29, 0.717) is 6.04 Å². The number of piperazine rings is 1. The summed E-state index contributed by atoms with van der Waals surface area (Å²) in [6, 6.07) is 9.00. The first-order valence-corrected chi connectivity index (χ1v) is 11.3. The summed E-state index contributed by atoms with van der Waals surface area (Å²) in [6.07, 6.45) is 1.94. The molecular formula is C23H32N4OS. The largest absolute Gasteiger partial charge is 0.385 e. The number of aromatic nitrogens is 1. The second-order valence-corrected chi connectivity index (χ2v) is 10.2. The fourth-order valence-corrected chi connectivity index (χ4v) is 5.14. The SMILES string of the molecule is COCC[C@H]1CN(C2=Nc3ccccc3Cc3sc(C(C)(C)C)nc32)CCN1C. The van der Waals surface area contributed by atoms with Crippen LogP contribution < -0.4 is 0 Å². The average molecular weight is 413 g/mol. The van der Waals surface area contributed by atoms with Gasteiger partial charge in [-0.05, 0) is 25.1 Å². The molecule has 2 aromatic rings. The van der Waals surface area contributed by atoms with E-state index in [1.54, 1.807) is 7.11 Å². The van der Waals surface area contributed by atoms with Crippen LogP contribution in [0.1, 0.15) is 48.3 Å². The number of nitrogens with zero attached hydrogens (tertiary/aromatic N) is 4. The minimum Gasteiger partial charge on any atom is -0.385 e. The summed E-state index contributed by atoms with van der Waals surface area (Å²) in [5.74, 6) is 1.05. The zero-order chi connectivity index (χ0) is 20.6. The Kier molecular flexibility index (Phi) is 5.78. The molecule has 5 nitrogen and oxygen atoms in total. The van der Waals surface area contributed by atoms with Crippen LogP contribution in [0.25, 0.3) is 0 Å². The fourth-order valence-electron chi connectivity index (χ4n) is 4.00. The van der Waals surface area contributed by atoms with Crippen LogP contribution in [0.5, 0.6) is 0 Å². The number of thiazole rings is 1. The van der Waals surface area contributed by atoms with Gasteiger partial charge in [0.1, 0.15) is 5.69 Å². The molecule has 2 aliphatic heterocycles. The molecule has 1 atom stereocenters. The molecule has 0 N–H and O–H groups in total. The number of ether oxygens (including phenoxy) is 1. The van der Waals surface area contributed by atoms with Crippen molar-refractivity contribution in [2.24, 2.45) is 4.99 Å². The summed E-state index contributed by atoms with van der Waals surface area (Å²) < 4.78 is 5.35. The Hall–Kier alpha value is -1.76. The van der Waals surface area contributed by atoms with Crippen molar-refractivity contribution >= 4 is 22.9 Å². The molecule has 1 aromatic heterocycles. The summed E-state index contributed by atoms with van der Waals surface area (Å²) in [5, 5.41) is 1.19. The Bertz CT molecular complexity index is 899. The second kappa shape index (κ2) is 8.17. The molecule has 29 heavy (non-hydrogen) atoms. The number of methoxy groups -OCH3 is 1. The number of fused-ring (bicyclic) bond motifs is 2. The van der Waals surface area contributed by atoms with E-state index in [2.05, 4.69) is 61.9 Å². The van der Waals surface area contributed by atoms with Crippen molar-refractivity contribution in [2.45, 2.75) is 45.1 Å². The monoisotopic (exact) mass is 412 g/mol. The van der Waals surface area contributed by atoms with Gasteiger partial charge in [-0.25, -0.2) is 9.98 Å².